The summed E-state index contributed by atoms with van der Waals surface area (Å²) in [4.78, 5) is 10.7. The van der Waals surface area contributed by atoms with Gasteiger partial charge in [0.25, 0.3) is 5.69 Å². The van der Waals surface area contributed by atoms with Crippen molar-refractivity contribution in [2.45, 2.75) is 25.9 Å². The van der Waals surface area contributed by atoms with Gasteiger partial charge in [0, 0.05) is 41.0 Å². The van der Waals surface area contributed by atoms with Crippen LogP contribution in [0.15, 0.2) is 36.5 Å². The van der Waals surface area contributed by atoms with E-state index < -0.39 is 4.92 Å². The summed E-state index contributed by atoms with van der Waals surface area (Å²) in [7, 11) is 0. The Labute approximate surface area is 122 Å². The smallest absolute Gasteiger partial charge is 0.275 e. The zero-order valence-electron chi connectivity index (χ0n) is 11.1. The third kappa shape index (κ3) is 3.37. The number of hydrogen-bond acceptors (Lipinski definition) is 3. The van der Waals surface area contributed by atoms with Crippen LogP contribution < -0.4 is 5.73 Å². The summed E-state index contributed by atoms with van der Waals surface area (Å²) < 4.78 is 1.97. The average Bonchev–Trinajstić information content (AvgIpc) is 2.78. The number of nitro benzene ring substituents is 1. The topological polar surface area (TPSA) is 74.1 Å². The van der Waals surface area contributed by atoms with Gasteiger partial charge in [0.1, 0.15) is 0 Å². The molecular formula is C14H16ClN3O2. The predicted molar refractivity (Wildman–Crippen MR) is 79.0 cm³/mol. The van der Waals surface area contributed by atoms with Crippen LogP contribution in [0.5, 0.6) is 0 Å². The summed E-state index contributed by atoms with van der Waals surface area (Å²) in [5, 5.41) is 11.4. The van der Waals surface area contributed by atoms with Gasteiger partial charge in [-0.15, -0.1) is 0 Å². The molecule has 0 aliphatic carbocycles. The number of nitrogens with zero attached hydrogens (tertiary/aromatic N) is 2. The van der Waals surface area contributed by atoms with Crippen LogP contribution >= 0.6 is 11.6 Å². The molecule has 0 aliphatic heterocycles. The van der Waals surface area contributed by atoms with E-state index in [-0.39, 0.29) is 11.7 Å². The maximum Gasteiger partial charge on any atom is 0.275 e. The third-order valence-corrected chi connectivity index (χ3v) is 3.27. The normalized spacial score (nSPS) is 12.3. The molecule has 106 valence electrons. The molecule has 5 nitrogen and oxygen atoms in total. The first-order chi connectivity index (χ1) is 9.47. The number of hydrogen-bond donors (Lipinski definition) is 1. The van der Waals surface area contributed by atoms with Crippen molar-refractivity contribution in [2.75, 3.05) is 0 Å². The van der Waals surface area contributed by atoms with Crippen molar-refractivity contribution in [3.05, 3.63) is 62.9 Å². The molecule has 0 radical (unpaired) electrons. The van der Waals surface area contributed by atoms with E-state index in [1.54, 1.807) is 12.1 Å². The maximum atomic E-state index is 11.1. The van der Waals surface area contributed by atoms with Gasteiger partial charge in [0.2, 0.25) is 0 Å². The Morgan fingerprint density at radius 3 is 2.85 bits per heavy atom. The highest BCUT2D eigenvalue weighted by atomic mass is 35.5. The second kappa shape index (κ2) is 6.07. The van der Waals surface area contributed by atoms with Crippen LogP contribution in [0, 0.1) is 10.1 Å². The van der Waals surface area contributed by atoms with Gasteiger partial charge >= 0.3 is 0 Å². The largest absolute Gasteiger partial charge is 0.347 e. The molecule has 0 saturated heterocycles. The van der Waals surface area contributed by atoms with E-state index in [9.17, 15) is 10.1 Å². The standard InChI is InChI=1S/C14H16ClN3O2/c1-10(16)7-13-3-2-6-17(13)9-11-4-5-12(15)8-14(11)18(19)20/h2-6,8,10H,7,9,16H2,1H3. The van der Waals surface area contributed by atoms with Crippen LogP contribution in [0.4, 0.5) is 5.69 Å². The Balaban J connectivity index is 2.31. The lowest BCUT2D eigenvalue weighted by Crippen LogP contribution is -2.20. The monoisotopic (exact) mass is 293 g/mol. The van der Waals surface area contributed by atoms with E-state index >= 15 is 0 Å². The van der Waals surface area contributed by atoms with Gasteiger partial charge in [-0.2, -0.15) is 0 Å². The van der Waals surface area contributed by atoms with E-state index in [0.29, 0.717) is 17.1 Å². The summed E-state index contributed by atoms with van der Waals surface area (Å²) in [6, 6.07) is 8.68. The van der Waals surface area contributed by atoms with Crippen molar-refractivity contribution in [2.24, 2.45) is 5.73 Å². The van der Waals surface area contributed by atoms with Crippen LogP contribution in [0.25, 0.3) is 0 Å². The van der Waals surface area contributed by atoms with Crippen molar-refractivity contribution < 1.29 is 4.92 Å². The summed E-state index contributed by atoms with van der Waals surface area (Å²) in [6.45, 7) is 2.37. The lowest BCUT2D eigenvalue weighted by atomic mass is 10.1. The fraction of sp³-hybridized carbons (Fsp3) is 0.286. The lowest BCUT2D eigenvalue weighted by Gasteiger charge is -2.11. The molecule has 6 heteroatoms. The molecule has 0 amide bonds. The fourth-order valence-electron chi connectivity index (χ4n) is 2.14. The Bertz CT molecular complexity index is 623. The van der Waals surface area contributed by atoms with Crippen molar-refractivity contribution in [1.29, 1.82) is 0 Å². The minimum absolute atomic E-state index is 0.0398. The van der Waals surface area contributed by atoms with Gasteiger partial charge in [0.05, 0.1) is 11.5 Å². The summed E-state index contributed by atoms with van der Waals surface area (Å²) in [5.41, 5.74) is 7.53. The van der Waals surface area contributed by atoms with E-state index in [0.717, 1.165) is 12.1 Å². The SMILES string of the molecule is CC(N)Cc1cccn1Cc1ccc(Cl)cc1[N+](=O)[O-]. The molecule has 1 heterocycles. The zero-order chi connectivity index (χ0) is 14.7. The number of benzene rings is 1. The summed E-state index contributed by atoms with van der Waals surface area (Å²) in [5.74, 6) is 0. The van der Waals surface area contributed by atoms with Crippen LogP contribution in [-0.4, -0.2) is 15.5 Å². The molecule has 0 saturated carbocycles. The number of halogens is 1. The van der Waals surface area contributed by atoms with Gasteiger partial charge in [0.15, 0.2) is 0 Å². The quantitative estimate of drug-likeness (QED) is 0.680. The van der Waals surface area contributed by atoms with Crippen LogP contribution in [0.3, 0.4) is 0 Å². The number of rotatable bonds is 5. The van der Waals surface area contributed by atoms with Gasteiger partial charge in [-0.3, -0.25) is 10.1 Å². The minimum atomic E-state index is -0.407. The first-order valence-electron chi connectivity index (χ1n) is 6.30. The maximum absolute atomic E-state index is 11.1. The molecule has 0 aliphatic rings. The number of nitrogens with two attached hydrogens (primary N) is 1. The Morgan fingerprint density at radius 2 is 2.20 bits per heavy atom. The molecule has 1 unspecified atom stereocenters. The molecule has 2 rings (SSSR count). The Hall–Kier alpha value is -1.85. The molecular weight excluding hydrogens is 278 g/mol. The summed E-state index contributed by atoms with van der Waals surface area (Å²) in [6.07, 6.45) is 2.63. The fourth-order valence-corrected chi connectivity index (χ4v) is 2.31. The van der Waals surface area contributed by atoms with Crippen LogP contribution in [0.1, 0.15) is 18.2 Å². The van der Waals surface area contributed by atoms with E-state index in [1.807, 2.05) is 29.8 Å². The molecule has 2 aromatic rings. The van der Waals surface area contributed by atoms with Crippen LogP contribution in [-0.2, 0) is 13.0 Å². The first-order valence-corrected chi connectivity index (χ1v) is 6.67. The third-order valence-electron chi connectivity index (χ3n) is 3.04. The first kappa shape index (κ1) is 14.6. The predicted octanol–water partition coefficient (Wildman–Crippen LogP) is 2.99. The van der Waals surface area contributed by atoms with E-state index in [2.05, 4.69) is 0 Å². The minimum Gasteiger partial charge on any atom is -0.347 e. The molecule has 20 heavy (non-hydrogen) atoms. The molecule has 0 bridgehead atoms. The molecule has 0 spiro atoms. The van der Waals surface area contributed by atoms with E-state index in [4.69, 9.17) is 17.3 Å². The molecule has 1 atom stereocenters. The second-order valence-corrected chi connectivity index (χ2v) is 5.28. The van der Waals surface area contributed by atoms with Gasteiger partial charge < -0.3 is 10.3 Å². The van der Waals surface area contributed by atoms with Crippen LogP contribution in [0.2, 0.25) is 5.02 Å². The van der Waals surface area contributed by atoms with Crippen molar-refractivity contribution in [1.82, 2.24) is 4.57 Å². The van der Waals surface area contributed by atoms with Crippen molar-refractivity contribution in [3.63, 3.8) is 0 Å². The Morgan fingerprint density at radius 1 is 1.45 bits per heavy atom. The van der Waals surface area contributed by atoms with Gasteiger partial charge in [-0.25, -0.2) is 0 Å². The molecule has 2 N–H and O–H groups in total. The van der Waals surface area contributed by atoms with Gasteiger partial charge in [-0.05, 0) is 31.2 Å². The number of nitro groups is 1. The summed E-state index contributed by atoms with van der Waals surface area (Å²) >= 11 is 5.82. The Kier molecular flexibility index (Phi) is 4.42. The average molecular weight is 294 g/mol. The molecule has 1 aromatic heterocycles. The van der Waals surface area contributed by atoms with Crippen molar-refractivity contribution >= 4 is 17.3 Å². The molecule has 0 fully saturated rings. The zero-order valence-corrected chi connectivity index (χ0v) is 11.9. The van der Waals surface area contributed by atoms with E-state index in [1.165, 1.54) is 6.07 Å². The molecule has 1 aromatic carbocycles. The highest BCUT2D eigenvalue weighted by Crippen LogP contribution is 2.24. The second-order valence-electron chi connectivity index (χ2n) is 4.84. The number of aromatic nitrogens is 1. The van der Waals surface area contributed by atoms with Crippen molar-refractivity contribution in [3.8, 4) is 0 Å². The highest BCUT2D eigenvalue weighted by Gasteiger charge is 2.15. The highest BCUT2D eigenvalue weighted by molar-refractivity contribution is 6.30. The lowest BCUT2D eigenvalue weighted by molar-refractivity contribution is -0.385. The van der Waals surface area contributed by atoms with Gasteiger partial charge in [-0.1, -0.05) is 11.6 Å².